The van der Waals surface area contributed by atoms with Crippen molar-refractivity contribution in [3.8, 4) is 5.75 Å². The van der Waals surface area contributed by atoms with Crippen LogP contribution in [0.1, 0.15) is 5.56 Å². The quantitative estimate of drug-likeness (QED) is 0.830. The minimum absolute atomic E-state index is 0.0238. The van der Waals surface area contributed by atoms with E-state index in [1.165, 1.54) is 37.3 Å². The molecular weight excluding hydrogens is 312 g/mol. The van der Waals surface area contributed by atoms with Gasteiger partial charge in [0.25, 0.3) is 0 Å². The Hall–Kier alpha value is -1.99. The molecule has 4 nitrogen and oxygen atoms in total. The monoisotopic (exact) mass is 327 g/mol. The number of sulfonamides is 1. The molecule has 7 heteroatoms. The summed E-state index contributed by atoms with van der Waals surface area (Å²) in [6, 6.07) is 8.87. The maximum atomic E-state index is 13.0. The molecule has 2 aromatic rings. The largest absolute Gasteiger partial charge is 0.492 e. The number of nitrogens with one attached hydrogen (secondary N) is 1. The minimum Gasteiger partial charge on any atom is -0.492 e. The molecule has 22 heavy (non-hydrogen) atoms. The summed E-state index contributed by atoms with van der Waals surface area (Å²) in [4.78, 5) is 0.0238. The summed E-state index contributed by atoms with van der Waals surface area (Å²) in [5.41, 5.74) is 0.326. The van der Waals surface area contributed by atoms with E-state index in [1.807, 2.05) is 0 Å². The average molecular weight is 327 g/mol. The first-order chi connectivity index (χ1) is 10.4. The number of benzene rings is 2. The van der Waals surface area contributed by atoms with Crippen LogP contribution in [-0.2, 0) is 10.0 Å². The Bertz CT molecular complexity index is 746. The molecule has 0 aliphatic carbocycles. The Morgan fingerprint density at radius 3 is 2.32 bits per heavy atom. The van der Waals surface area contributed by atoms with E-state index < -0.39 is 15.8 Å². The summed E-state index contributed by atoms with van der Waals surface area (Å²) in [6.45, 7) is 1.65. The highest BCUT2D eigenvalue weighted by atomic mass is 32.2. The summed E-state index contributed by atoms with van der Waals surface area (Å²) in [7, 11) is -3.73. The third-order valence-corrected chi connectivity index (χ3v) is 4.52. The van der Waals surface area contributed by atoms with Crippen LogP contribution >= 0.6 is 0 Å². The van der Waals surface area contributed by atoms with E-state index in [4.69, 9.17) is 4.74 Å². The summed E-state index contributed by atoms with van der Waals surface area (Å²) < 4.78 is 57.5. The number of hydrogen-bond donors (Lipinski definition) is 1. The van der Waals surface area contributed by atoms with E-state index in [2.05, 4.69) is 4.72 Å². The molecule has 0 aliphatic rings. The lowest BCUT2D eigenvalue weighted by Crippen LogP contribution is -2.28. The zero-order chi connectivity index (χ0) is 16.2. The SMILES string of the molecule is Cc1cc(F)ccc1S(=O)(=O)NCCOc1ccc(F)cc1. The van der Waals surface area contributed by atoms with Crippen LogP contribution in [0.2, 0.25) is 0 Å². The molecule has 0 saturated carbocycles. The number of hydrogen-bond acceptors (Lipinski definition) is 3. The van der Waals surface area contributed by atoms with E-state index in [0.717, 1.165) is 12.1 Å². The molecule has 0 spiro atoms. The summed E-state index contributed by atoms with van der Waals surface area (Å²) in [6.07, 6.45) is 0. The van der Waals surface area contributed by atoms with Crippen molar-refractivity contribution in [2.45, 2.75) is 11.8 Å². The van der Waals surface area contributed by atoms with Crippen LogP contribution in [0.4, 0.5) is 8.78 Å². The fourth-order valence-electron chi connectivity index (χ4n) is 1.87. The van der Waals surface area contributed by atoms with Crippen molar-refractivity contribution < 1.29 is 21.9 Å². The van der Waals surface area contributed by atoms with Crippen LogP contribution < -0.4 is 9.46 Å². The average Bonchev–Trinajstić information content (AvgIpc) is 2.45. The molecule has 118 valence electrons. The number of rotatable bonds is 6. The van der Waals surface area contributed by atoms with Gasteiger partial charge >= 0.3 is 0 Å². The molecule has 0 heterocycles. The standard InChI is InChI=1S/C15H15F2NO3S/c1-11-10-13(17)4-7-15(11)22(19,20)18-8-9-21-14-5-2-12(16)3-6-14/h2-7,10,18H,8-9H2,1H3. The van der Waals surface area contributed by atoms with Gasteiger partial charge < -0.3 is 4.74 Å². The predicted octanol–water partition coefficient (Wildman–Crippen LogP) is 2.63. The van der Waals surface area contributed by atoms with Crippen molar-refractivity contribution in [2.24, 2.45) is 0 Å². The van der Waals surface area contributed by atoms with Gasteiger partial charge in [-0.25, -0.2) is 21.9 Å². The van der Waals surface area contributed by atoms with Crippen molar-refractivity contribution >= 4 is 10.0 Å². The molecule has 0 atom stereocenters. The van der Waals surface area contributed by atoms with Crippen molar-refractivity contribution in [1.82, 2.24) is 4.72 Å². The van der Waals surface area contributed by atoms with Crippen molar-refractivity contribution in [2.75, 3.05) is 13.2 Å². The van der Waals surface area contributed by atoms with Gasteiger partial charge in [-0.15, -0.1) is 0 Å². The molecule has 1 N–H and O–H groups in total. The van der Waals surface area contributed by atoms with Gasteiger partial charge in [0.15, 0.2) is 0 Å². The topological polar surface area (TPSA) is 55.4 Å². The third kappa shape index (κ3) is 4.25. The van der Waals surface area contributed by atoms with Crippen LogP contribution in [0.5, 0.6) is 5.75 Å². The van der Waals surface area contributed by atoms with Gasteiger partial charge in [0.2, 0.25) is 10.0 Å². The maximum Gasteiger partial charge on any atom is 0.240 e. The second-order valence-corrected chi connectivity index (χ2v) is 6.35. The molecular formula is C15H15F2NO3S. The molecule has 0 aliphatic heterocycles. The van der Waals surface area contributed by atoms with Crippen LogP contribution in [0, 0.1) is 18.6 Å². The lowest BCUT2D eigenvalue weighted by Gasteiger charge is -2.10. The van der Waals surface area contributed by atoms with Crippen LogP contribution in [-0.4, -0.2) is 21.6 Å². The predicted molar refractivity (Wildman–Crippen MR) is 78.2 cm³/mol. The van der Waals surface area contributed by atoms with Gasteiger partial charge in [-0.2, -0.15) is 0 Å². The molecule has 0 saturated heterocycles. The number of aryl methyl sites for hydroxylation is 1. The Labute approximate surface area is 127 Å². The van der Waals surface area contributed by atoms with Gasteiger partial charge in [0.1, 0.15) is 24.0 Å². The highest BCUT2D eigenvalue weighted by Crippen LogP contribution is 2.16. The van der Waals surface area contributed by atoms with Gasteiger partial charge in [-0.05, 0) is 55.0 Å². The van der Waals surface area contributed by atoms with Crippen LogP contribution in [0.3, 0.4) is 0 Å². The normalized spacial score (nSPS) is 11.4. The maximum absolute atomic E-state index is 13.0. The van der Waals surface area contributed by atoms with Gasteiger partial charge in [-0.3, -0.25) is 0 Å². The van der Waals surface area contributed by atoms with Crippen LogP contribution in [0.25, 0.3) is 0 Å². The molecule has 2 aromatic carbocycles. The molecule has 0 radical (unpaired) electrons. The van der Waals surface area contributed by atoms with Gasteiger partial charge in [0, 0.05) is 6.54 Å². The van der Waals surface area contributed by atoms with E-state index >= 15 is 0 Å². The van der Waals surface area contributed by atoms with Crippen molar-refractivity contribution in [3.63, 3.8) is 0 Å². The smallest absolute Gasteiger partial charge is 0.240 e. The Morgan fingerprint density at radius 2 is 1.68 bits per heavy atom. The zero-order valence-electron chi connectivity index (χ0n) is 11.8. The van der Waals surface area contributed by atoms with Gasteiger partial charge in [0.05, 0.1) is 4.90 Å². The van der Waals surface area contributed by atoms with Crippen molar-refractivity contribution in [1.29, 1.82) is 0 Å². The molecule has 0 unspecified atom stereocenters. The minimum atomic E-state index is -3.73. The van der Waals surface area contributed by atoms with E-state index in [9.17, 15) is 17.2 Å². The first kappa shape index (κ1) is 16.4. The molecule has 2 rings (SSSR count). The Morgan fingerprint density at radius 1 is 1.05 bits per heavy atom. The summed E-state index contributed by atoms with van der Waals surface area (Å²) in [5, 5.41) is 0. The van der Waals surface area contributed by atoms with E-state index in [-0.39, 0.29) is 23.9 Å². The first-order valence-electron chi connectivity index (χ1n) is 6.53. The lowest BCUT2D eigenvalue weighted by atomic mass is 10.2. The fraction of sp³-hybridized carbons (Fsp3) is 0.200. The molecule has 0 fully saturated rings. The van der Waals surface area contributed by atoms with E-state index in [0.29, 0.717) is 11.3 Å². The highest BCUT2D eigenvalue weighted by Gasteiger charge is 2.16. The van der Waals surface area contributed by atoms with Crippen molar-refractivity contribution in [3.05, 3.63) is 59.7 Å². The second kappa shape index (κ2) is 6.85. The Balaban J connectivity index is 1.91. The lowest BCUT2D eigenvalue weighted by molar-refractivity contribution is 0.322. The molecule has 0 amide bonds. The number of halogens is 2. The second-order valence-electron chi connectivity index (χ2n) is 4.61. The fourth-order valence-corrected chi connectivity index (χ4v) is 3.11. The summed E-state index contributed by atoms with van der Waals surface area (Å²) >= 11 is 0. The first-order valence-corrected chi connectivity index (χ1v) is 8.01. The van der Waals surface area contributed by atoms with Gasteiger partial charge in [-0.1, -0.05) is 0 Å². The Kier molecular flexibility index (Phi) is 5.10. The molecule has 0 bridgehead atoms. The third-order valence-electron chi connectivity index (χ3n) is 2.90. The zero-order valence-corrected chi connectivity index (χ0v) is 12.7. The molecule has 0 aromatic heterocycles. The highest BCUT2D eigenvalue weighted by molar-refractivity contribution is 7.89. The summed E-state index contributed by atoms with van der Waals surface area (Å²) in [5.74, 6) is -0.422. The van der Waals surface area contributed by atoms with Crippen LogP contribution in [0.15, 0.2) is 47.4 Å². The number of ether oxygens (including phenoxy) is 1. The van der Waals surface area contributed by atoms with E-state index in [1.54, 1.807) is 0 Å².